The van der Waals surface area contributed by atoms with Gasteiger partial charge in [-0.15, -0.1) is 0 Å². The summed E-state index contributed by atoms with van der Waals surface area (Å²) < 4.78 is 33.1. The van der Waals surface area contributed by atoms with Crippen molar-refractivity contribution in [1.82, 2.24) is 20.6 Å². The summed E-state index contributed by atoms with van der Waals surface area (Å²) in [5.41, 5.74) is 2.49. The molecule has 1 aromatic heterocycles. The summed E-state index contributed by atoms with van der Waals surface area (Å²) in [4.78, 5) is 23.8. The Bertz CT molecular complexity index is 1260. The summed E-state index contributed by atoms with van der Waals surface area (Å²) >= 11 is 6.27. The van der Waals surface area contributed by atoms with E-state index in [1.54, 1.807) is 0 Å². The molecule has 2 heterocycles. The predicted molar refractivity (Wildman–Crippen MR) is 145 cm³/mol. The van der Waals surface area contributed by atoms with E-state index in [2.05, 4.69) is 33.6 Å². The minimum absolute atomic E-state index is 0.0202. The van der Waals surface area contributed by atoms with E-state index >= 15 is 0 Å². The van der Waals surface area contributed by atoms with Crippen LogP contribution in [0.2, 0.25) is 5.02 Å². The van der Waals surface area contributed by atoms with E-state index in [0.29, 0.717) is 38.8 Å². The highest BCUT2D eigenvalue weighted by Crippen LogP contribution is 2.19. The molecule has 0 radical (unpaired) electrons. The van der Waals surface area contributed by atoms with Crippen LogP contribution in [0.15, 0.2) is 48.7 Å². The van der Waals surface area contributed by atoms with E-state index in [0.717, 1.165) is 18.1 Å². The van der Waals surface area contributed by atoms with Crippen LogP contribution in [0.3, 0.4) is 0 Å². The van der Waals surface area contributed by atoms with Gasteiger partial charge < -0.3 is 25.4 Å². The summed E-state index contributed by atoms with van der Waals surface area (Å²) in [6, 6.07) is 10.3. The second-order valence-corrected chi connectivity index (χ2v) is 9.81. The van der Waals surface area contributed by atoms with Gasteiger partial charge in [0.2, 0.25) is 5.95 Å². The van der Waals surface area contributed by atoms with Crippen LogP contribution in [0.1, 0.15) is 34.1 Å². The zero-order valence-electron chi connectivity index (χ0n) is 21.7. The molecule has 1 amide bonds. The van der Waals surface area contributed by atoms with Crippen molar-refractivity contribution in [3.05, 3.63) is 87.7 Å². The molecule has 8 nitrogen and oxygen atoms in total. The van der Waals surface area contributed by atoms with Gasteiger partial charge in [-0.05, 0) is 41.7 Å². The molecule has 3 aromatic rings. The molecular formula is C28H32ClF2N5O3. The van der Waals surface area contributed by atoms with Crippen molar-refractivity contribution in [3.8, 4) is 0 Å². The third-order valence-electron chi connectivity index (χ3n) is 6.48. The van der Waals surface area contributed by atoms with Crippen LogP contribution in [-0.4, -0.2) is 66.0 Å². The lowest BCUT2D eigenvalue weighted by atomic mass is 10.00. The molecule has 1 aliphatic heterocycles. The van der Waals surface area contributed by atoms with Crippen molar-refractivity contribution in [2.45, 2.75) is 38.5 Å². The molecule has 208 valence electrons. The highest BCUT2D eigenvalue weighted by molar-refractivity contribution is 6.33. The Morgan fingerprint density at radius 3 is 2.56 bits per heavy atom. The number of amides is 1. The van der Waals surface area contributed by atoms with Crippen LogP contribution >= 0.6 is 11.6 Å². The third kappa shape index (κ3) is 8.15. The number of rotatable bonds is 11. The Labute approximate surface area is 231 Å². The smallest absolute Gasteiger partial charge is 0.271 e. The summed E-state index contributed by atoms with van der Waals surface area (Å²) in [6.07, 6.45) is 1.16. The van der Waals surface area contributed by atoms with Crippen molar-refractivity contribution in [2.24, 2.45) is 0 Å². The monoisotopic (exact) mass is 559 g/mol. The number of aliphatic hydroxyl groups is 1. The fourth-order valence-electron chi connectivity index (χ4n) is 4.40. The first-order valence-electron chi connectivity index (χ1n) is 12.9. The number of aryl methyl sites for hydroxylation is 1. The zero-order valence-corrected chi connectivity index (χ0v) is 22.4. The maximum absolute atomic E-state index is 13.9. The number of aromatic nitrogens is 2. The fraction of sp³-hybridized carbons (Fsp3) is 0.393. The number of carbonyl (C=O) groups excluding carboxylic acids is 1. The maximum Gasteiger partial charge on any atom is 0.271 e. The topological polar surface area (TPSA) is 99.6 Å². The number of halogens is 3. The average Bonchev–Trinajstić information content (AvgIpc) is 2.93. The van der Waals surface area contributed by atoms with Crippen molar-refractivity contribution >= 4 is 23.5 Å². The number of hydrogen-bond donors (Lipinski definition) is 3. The lowest BCUT2D eigenvalue weighted by Gasteiger charge is -2.27. The Hall–Kier alpha value is -3.18. The van der Waals surface area contributed by atoms with E-state index in [4.69, 9.17) is 16.3 Å². The first-order chi connectivity index (χ1) is 18.8. The molecule has 0 unspecified atom stereocenters. The van der Waals surface area contributed by atoms with Gasteiger partial charge in [0.15, 0.2) is 5.69 Å². The van der Waals surface area contributed by atoms with Gasteiger partial charge in [0.05, 0.1) is 36.6 Å². The molecule has 2 atom stereocenters. The average molecular weight is 560 g/mol. The summed E-state index contributed by atoms with van der Waals surface area (Å²) in [7, 11) is 0. The molecule has 4 rings (SSSR count). The van der Waals surface area contributed by atoms with Gasteiger partial charge in [0, 0.05) is 32.2 Å². The highest BCUT2D eigenvalue weighted by atomic mass is 35.5. The molecule has 1 saturated heterocycles. The Morgan fingerprint density at radius 1 is 1.13 bits per heavy atom. The van der Waals surface area contributed by atoms with Crippen LogP contribution in [-0.2, 0) is 24.1 Å². The van der Waals surface area contributed by atoms with Crippen LogP contribution in [0.5, 0.6) is 0 Å². The molecule has 3 N–H and O–H groups in total. The standard InChI is InChI=1S/C28H32ClF2N5O3/c1-2-18-4-3-5-19(10-18)15-32-17-25(37)24(13-20-11-21(30)14-22(31)12-20)34-27(38)26-23(29)16-33-28(35-26)36-6-8-39-9-7-36/h3-5,10-12,14,16,24-25,32,37H,2,6-9,13,15,17H2,1H3,(H,34,38)/t24-,25+/m0/s1. The van der Waals surface area contributed by atoms with Gasteiger partial charge >= 0.3 is 0 Å². The summed E-state index contributed by atoms with van der Waals surface area (Å²) in [5.74, 6) is -1.78. The number of aliphatic hydroxyl groups excluding tert-OH is 1. The van der Waals surface area contributed by atoms with E-state index in [1.165, 1.54) is 23.9 Å². The Kier molecular flexibility index (Phi) is 10.2. The maximum atomic E-state index is 13.9. The molecule has 2 aromatic carbocycles. The van der Waals surface area contributed by atoms with E-state index in [9.17, 15) is 18.7 Å². The predicted octanol–water partition coefficient (Wildman–Crippen LogP) is 3.30. The minimum atomic E-state index is -1.09. The van der Waals surface area contributed by atoms with Crippen molar-refractivity contribution in [3.63, 3.8) is 0 Å². The molecule has 1 fully saturated rings. The summed E-state index contributed by atoms with van der Waals surface area (Å²) in [5, 5.41) is 17.1. The second-order valence-electron chi connectivity index (χ2n) is 9.40. The number of hydrogen-bond acceptors (Lipinski definition) is 7. The van der Waals surface area contributed by atoms with E-state index < -0.39 is 29.7 Å². The summed E-state index contributed by atoms with van der Waals surface area (Å²) in [6.45, 7) is 4.87. The number of carbonyl (C=O) groups is 1. The van der Waals surface area contributed by atoms with Crippen molar-refractivity contribution < 1.29 is 23.4 Å². The molecule has 0 spiro atoms. The zero-order chi connectivity index (χ0) is 27.8. The first-order valence-corrected chi connectivity index (χ1v) is 13.3. The molecule has 0 aliphatic carbocycles. The first kappa shape index (κ1) is 28.8. The minimum Gasteiger partial charge on any atom is -0.390 e. The van der Waals surface area contributed by atoms with E-state index in [1.807, 2.05) is 23.1 Å². The van der Waals surface area contributed by atoms with Crippen LogP contribution in [0.4, 0.5) is 14.7 Å². The van der Waals surface area contributed by atoms with Crippen molar-refractivity contribution in [1.29, 1.82) is 0 Å². The highest BCUT2D eigenvalue weighted by Gasteiger charge is 2.26. The van der Waals surface area contributed by atoms with Gasteiger partial charge in [-0.3, -0.25) is 4.79 Å². The van der Waals surface area contributed by atoms with Crippen LogP contribution < -0.4 is 15.5 Å². The molecule has 0 saturated carbocycles. The van der Waals surface area contributed by atoms with Crippen molar-refractivity contribution in [2.75, 3.05) is 37.7 Å². The Balaban J connectivity index is 1.49. The number of nitrogens with zero attached hydrogens (tertiary/aromatic N) is 3. The second kappa shape index (κ2) is 13.7. The third-order valence-corrected chi connectivity index (χ3v) is 6.76. The lowest BCUT2D eigenvalue weighted by Crippen LogP contribution is -2.49. The van der Waals surface area contributed by atoms with Gasteiger partial charge in [-0.25, -0.2) is 18.7 Å². The number of morpholine rings is 1. The van der Waals surface area contributed by atoms with Gasteiger partial charge in [0.1, 0.15) is 11.6 Å². The lowest BCUT2D eigenvalue weighted by molar-refractivity contribution is 0.0825. The quantitative estimate of drug-likeness (QED) is 0.331. The van der Waals surface area contributed by atoms with Gasteiger partial charge in [0.25, 0.3) is 5.91 Å². The number of anilines is 1. The Morgan fingerprint density at radius 2 is 1.85 bits per heavy atom. The van der Waals surface area contributed by atoms with Gasteiger partial charge in [-0.2, -0.15) is 0 Å². The molecular weight excluding hydrogens is 528 g/mol. The van der Waals surface area contributed by atoms with Crippen LogP contribution in [0.25, 0.3) is 0 Å². The van der Waals surface area contributed by atoms with Crippen LogP contribution in [0, 0.1) is 11.6 Å². The molecule has 0 bridgehead atoms. The fourth-order valence-corrected chi connectivity index (χ4v) is 4.58. The molecule has 1 aliphatic rings. The largest absolute Gasteiger partial charge is 0.390 e. The van der Waals surface area contributed by atoms with Gasteiger partial charge in [-0.1, -0.05) is 42.8 Å². The number of ether oxygens (including phenoxy) is 1. The number of benzene rings is 2. The SMILES string of the molecule is CCc1cccc(CNC[C@@H](O)[C@H](Cc2cc(F)cc(F)c2)NC(=O)c2nc(N3CCOCC3)ncc2Cl)c1. The van der Waals surface area contributed by atoms with E-state index in [-0.39, 0.29) is 29.2 Å². The molecule has 39 heavy (non-hydrogen) atoms. The normalized spacial score (nSPS) is 15.2. The number of nitrogens with one attached hydrogen (secondary N) is 2. The molecule has 11 heteroatoms.